The van der Waals surface area contributed by atoms with Gasteiger partial charge in [0.05, 0.1) is 5.41 Å². The Labute approximate surface area is 246 Å². The maximum Gasteiger partial charge on any atom is 0.0714 e. The van der Waals surface area contributed by atoms with Crippen LogP contribution in [0.3, 0.4) is 0 Å². The summed E-state index contributed by atoms with van der Waals surface area (Å²) in [5.41, 5.74) is 11.9. The summed E-state index contributed by atoms with van der Waals surface area (Å²) in [5.74, 6) is 0. The van der Waals surface area contributed by atoms with E-state index in [1.54, 1.807) is 0 Å². The molecule has 1 aliphatic rings. The predicted molar refractivity (Wildman–Crippen MR) is 176 cm³/mol. The summed E-state index contributed by atoms with van der Waals surface area (Å²) in [6.07, 6.45) is 0. The van der Waals surface area contributed by atoms with Gasteiger partial charge in [0.15, 0.2) is 0 Å². The van der Waals surface area contributed by atoms with Crippen LogP contribution in [0.5, 0.6) is 0 Å². The fraction of sp³-hybridized carbons (Fsp3) is 0.0244. The molecule has 8 rings (SSSR count). The second kappa shape index (κ2) is 9.90. The van der Waals surface area contributed by atoms with Crippen molar-refractivity contribution in [1.29, 1.82) is 0 Å². The molecule has 7 aromatic carbocycles. The summed E-state index contributed by atoms with van der Waals surface area (Å²) in [6.45, 7) is 0. The van der Waals surface area contributed by atoms with Crippen LogP contribution in [-0.2, 0) is 5.41 Å². The molecule has 0 aliphatic heterocycles. The van der Waals surface area contributed by atoms with Crippen LogP contribution in [0.25, 0.3) is 33.0 Å². The van der Waals surface area contributed by atoms with Crippen molar-refractivity contribution in [2.45, 2.75) is 5.41 Å². The Morgan fingerprint density at radius 1 is 0.357 bits per heavy atom. The minimum atomic E-state index is -0.404. The molecule has 0 heterocycles. The number of benzene rings is 7. The van der Waals surface area contributed by atoms with Gasteiger partial charge in [-0.2, -0.15) is 0 Å². The van der Waals surface area contributed by atoms with E-state index in [-0.39, 0.29) is 0 Å². The van der Waals surface area contributed by atoms with Crippen LogP contribution in [-0.4, -0.2) is 0 Å². The second-order valence-corrected chi connectivity index (χ2v) is 11.1. The highest BCUT2D eigenvalue weighted by atomic mass is 14.9. The van der Waals surface area contributed by atoms with Crippen LogP contribution in [0, 0.1) is 0 Å². The Morgan fingerprint density at radius 2 is 0.976 bits per heavy atom. The smallest absolute Gasteiger partial charge is 0.0714 e. The lowest BCUT2D eigenvalue weighted by Gasteiger charge is -2.34. The van der Waals surface area contributed by atoms with Gasteiger partial charge in [-0.15, -0.1) is 0 Å². The molecular formula is C41H29N. The van der Waals surface area contributed by atoms with E-state index in [1.165, 1.54) is 55.3 Å². The fourth-order valence-electron chi connectivity index (χ4n) is 6.83. The Morgan fingerprint density at radius 3 is 1.76 bits per heavy atom. The topological polar surface area (TPSA) is 12.0 Å². The lowest BCUT2D eigenvalue weighted by molar-refractivity contribution is 0.769. The minimum absolute atomic E-state index is 0.404. The molecule has 0 spiro atoms. The average molecular weight is 536 g/mol. The number of rotatable bonds is 5. The van der Waals surface area contributed by atoms with Crippen molar-refractivity contribution >= 4 is 22.1 Å². The van der Waals surface area contributed by atoms with Gasteiger partial charge in [0.1, 0.15) is 0 Å². The van der Waals surface area contributed by atoms with Crippen LogP contribution in [0.4, 0.5) is 11.4 Å². The van der Waals surface area contributed by atoms with E-state index in [4.69, 9.17) is 0 Å². The third-order valence-electron chi connectivity index (χ3n) is 8.69. The normalized spacial score (nSPS) is 13.0. The van der Waals surface area contributed by atoms with Crippen molar-refractivity contribution in [2.24, 2.45) is 0 Å². The summed E-state index contributed by atoms with van der Waals surface area (Å²) < 4.78 is 0. The van der Waals surface area contributed by atoms with Gasteiger partial charge in [-0.25, -0.2) is 0 Å². The summed E-state index contributed by atoms with van der Waals surface area (Å²) in [6, 6.07) is 61.6. The number of nitrogens with one attached hydrogen (secondary N) is 1. The zero-order valence-corrected chi connectivity index (χ0v) is 23.2. The standard InChI is InChI=1S/C41H29N/c1-3-15-33(16-4-1)41(34-17-5-2-6-18-34)39-21-10-9-20-37(39)38-25-24-36(28-40(38)41)42-35-19-11-14-31(27-35)32-23-22-29-12-7-8-13-30(29)26-32/h1-28,42H. The molecule has 42 heavy (non-hydrogen) atoms. The zero-order valence-electron chi connectivity index (χ0n) is 23.2. The molecular weight excluding hydrogens is 506 g/mol. The molecule has 0 amide bonds. The first-order chi connectivity index (χ1) is 20.8. The van der Waals surface area contributed by atoms with Gasteiger partial charge in [-0.3, -0.25) is 0 Å². The van der Waals surface area contributed by atoms with E-state index in [0.717, 1.165) is 11.4 Å². The van der Waals surface area contributed by atoms with Crippen LogP contribution in [0.2, 0.25) is 0 Å². The van der Waals surface area contributed by atoms with Gasteiger partial charge in [-0.05, 0) is 85.6 Å². The first kappa shape index (κ1) is 24.4. The molecule has 0 atom stereocenters. The molecule has 0 unspecified atom stereocenters. The lowest BCUT2D eigenvalue weighted by atomic mass is 9.67. The molecule has 198 valence electrons. The van der Waals surface area contributed by atoms with E-state index in [1.807, 2.05) is 0 Å². The van der Waals surface area contributed by atoms with E-state index in [0.29, 0.717) is 0 Å². The Bertz CT molecular complexity index is 2020. The van der Waals surface area contributed by atoms with Crippen molar-refractivity contribution in [3.63, 3.8) is 0 Å². The fourth-order valence-corrected chi connectivity index (χ4v) is 6.83. The monoisotopic (exact) mass is 535 g/mol. The van der Waals surface area contributed by atoms with Gasteiger partial charge >= 0.3 is 0 Å². The lowest BCUT2D eigenvalue weighted by Crippen LogP contribution is -2.28. The van der Waals surface area contributed by atoms with Crippen molar-refractivity contribution < 1.29 is 0 Å². The highest BCUT2D eigenvalue weighted by Gasteiger charge is 2.45. The second-order valence-electron chi connectivity index (χ2n) is 11.1. The van der Waals surface area contributed by atoms with Gasteiger partial charge < -0.3 is 5.32 Å². The molecule has 0 bridgehead atoms. The number of anilines is 2. The largest absolute Gasteiger partial charge is 0.355 e. The van der Waals surface area contributed by atoms with Gasteiger partial charge in [-0.1, -0.05) is 140 Å². The highest BCUT2D eigenvalue weighted by molar-refractivity contribution is 5.89. The van der Waals surface area contributed by atoms with Crippen LogP contribution < -0.4 is 5.32 Å². The van der Waals surface area contributed by atoms with E-state index >= 15 is 0 Å². The molecule has 0 saturated heterocycles. The van der Waals surface area contributed by atoms with Crippen LogP contribution in [0.1, 0.15) is 22.3 Å². The maximum absolute atomic E-state index is 3.75. The van der Waals surface area contributed by atoms with Gasteiger partial charge in [0.25, 0.3) is 0 Å². The molecule has 0 aromatic heterocycles. The molecule has 0 fully saturated rings. The Hall–Kier alpha value is -5.40. The first-order valence-corrected chi connectivity index (χ1v) is 14.5. The Balaban J connectivity index is 1.25. The van der Waals surface area contributed by atoms with E-state index in [9.17, 15) is 0 Å². The van der Waals surface area contributed by atoms with Gasteiger partial charge in [0, 0.05) is 11.4 Å². The summed E-state index contributed by atoms with van der Waals surface area (Å²) in [4.78, 5) is 0. The van der Waals surface area contributed by atoms with Crippen molar-refractivity contribution in [3.05, 3.63) is 192 Å². The minimum Gasteiger partial charge on any atom is -0.355 e. The molecule has 1 heteroatoms. The van der Waals surface area contributed by atoms with Gasteiger partial charge in [0.2, 0.25) is 0 Å². The summed E-state index contributed by atoms with van der Waals surface area (Å²) >= 11 is 0. The van der Waals surface area contributed by atoms with Crippen molar-refractivity contribution in [3.8, 4) is 22.3 Å². The molecule has 1 aliphatic carbocycles. The predicted octanol–water partition coefficient (Wildman–Crippen LogP) is 10.6. The quantitative estimate of drug-likeness (QED) is 0.231. The average Bonchev–Trinajstić information content (AvgIpc) is 3.36. The third-order valence-corrected chi connectivity index (χ3v) is 8.69. The molecule has 1 N–H and O–H groups in total. The first-order valence-electron chi connectivity index (χ1n) is 14.5. The molecule has 0 radical (unpaired) electrons. The van der Waals surface area contributed by atoms with E-state index < -0.39 is 5.41 Å². The van der Waals surface area contributed by atoms with Crippen molar-refractivity contribution in [2.75, 3.05) is 5.32 Å². The number of hydrogen-bond donors (Lipinski definition) is 1. The van der Waals surface area contributed by atoms with E-state index in [2.05, 4.69) is 175 Å². The van der Waals surface area contributed by atoms with Crippen LogP contribution in [0.15, 0.2) is 170 Å². The maximum atomic E-state index is 3.75. The summed E-state index contributed by atoms with van der Waals surface area (Å²) in [7, 11) is 0. The number of hydrogen-bond acceptors (Lipinski definition) is 1. The summed E-state index contributed by atoms with van der Waals surface area (Å²) in [5, 5.41) is 6.26. The Kier molecular flexibility index (Phi) is 5.75. The highest BCUT2D eigenvalue weighted by Crippen LogP contribution is 2.56. The number of fused-ring (bicyclic) bond motifs is 4. The molecule has 1 nitrogen and oxygen atoms in total. The third kappa shape index (κ3) is 3.86. The zero-order chi connectivity index (χ0) is 27.9. The SMILES string of the molecule is c1ccc(C2(c3ccccc3)c3ccccc3-c3ccc(Nc4cccc(-c5ccc6ccccc6c5)c4)cc32)cc1. The molecule has 0 saturated carbocycles. The van der Waals surface area contributed by atoms with Crippen molar-refractivity contribution in [1.82, 2.24) is 0 Å². The van der Waals surface area contributed by atoms with Crippen LogP contribution >= 0.6 is 0 Å². The molecule has 7 aromatic rings.